The number of nitrogens with zero attached hydrogens (tertiary/aromatic N) is 1. The summed E-state index contributed by atoms with van der Waals surface area (Å²) in [6.45, 7) is 4.34. The Morgan fingerprint density at radius 2 is 2.32 bits per heavy atom. The molecule has 0 bridgehead atoms. The third kappa shape index (κ3) is 3.70. The van der Waals surface area contributed by atoms with Crippen LogP contribution in [0.2, 0.25) is 0 Å². The van der Waals surface area contributed by atoms with E-state index in [0.29, 0.717) is 6.61 Å². The van der Waals surface area contributed by atoms with Gasteiger partial charge in [0.1, 0.15) is 18.4 Å². The van der Waals surface area contributed by atoms with Crippen LogP contribution in [-0.4, -0.2) is 43.7 Å². The van der Waals surface area contributed by atoms with Crippen molar-refractivity contribution in [1.29, 1.82) is 0 Å². The topological polar surface area (TPSA) is 38.8 Å². The fourth-order valence-electron chi connectivity index (χ4n) is 2.48. The van der Waals surface area contributed by atoms with Crippen LogP contribution in [0.15, 0.2) is 24.3 Å². The molecule has 0 radical (unpaired) electrons. The highest BCUT2D eigenvalue weighted by atomic mass is 16.5. The summed E-state index contributed by atoms with van der Waals surface area (Å²) in [4.78, 5) is 13.7. The number of methoxy groups -OCH3 is 1. The Bertz CT molecular complexity index is 433. The molecule has 1 saturated heterocycles. The van der Waals surface area contributed by atoms with Gasteiger partial charge in [-0.1, -0.05) is 12.1 Å². The van der Waals surface area contributed by atoms with Crippen LogP contribution < -0.4 is 4.74 Å². The van der Waals surface area contributed by atoms with Gasteiger partial charge in [-0.2, -0.15) is 0 Å². The van der Waals surface area contributed by atoms with Crippen molar-refractivity contribution in [2.24, 2.45) is 0 Å². The van der Waals surface area contributed by atoms with Crippen molar-refractivity contribution in [3.8, 4) is 5.75 Å². The second kappa shape index (κ2) is 6.57. The molecule has 1 aromatic rings. The highest BCUT2D eigenvalue weighted by molar-refractivity contribution is 5.75. The van der Waals surface area contributed by atoms with Gasteiger partial charge < -0.3 is 9.47 Å². The third-order valence-corrected chi connectivity index (χ3v) is 3.47. The molecule has 4 nitrogen and oxygen atoms in total. The summed E-state index contributed by atoms with van der Waals surface area (Å²) in [6, 6.07) is 7.90. The number of hydrogen-bond acceptors (Lipinski definition) is 4. The number of rotatable bonds is 5. The van der Waals surface area contributed by atoms with Crippen molar-refractivity contribution >= 4 is 5.97 Å². The van der Waals surface area contributed by atoms with E-state index in [4.69, 9.17) is 9.47 Å². The van der Waals surface area contributed by atoms with E-state index in [1.807, 2.05) is 31.2 Å². The van der Waals surface area contributed by atoms with Gasteiger partial charge >= 0.3 is 5.97 Å². The van der Waals surface area contributed by atoms with E-state index in [2.05, 4.69) is 4.90 Å². The number of benzene rings is 1. The largest absolute Gasteiger partial charge is 0.492 e. The van der Waals surface area contributed by atoms with Gasteiger partial charge in [0.2, 0.25) is 0 Å². The summed E-state index contributed by atoms with van der Waals surface area (Å²) in [5.74, 6) is 0.752. The fourth-order valence-corrected chi connectivity index (χ4v) is 2.48. The Balaban J connectivity index is 1.80. The number of esters is 1. The first-order valence-corrected chi connectivity index (χ1v) is 6.72. The average molecular weight is 263 g/mol. The van der Waals surface area contributed by atoms with E-state index >= 15 is 0 Å². The SMILES string of the molecule is COC(=O)C1CCCN1CCOc1cccc(C)c1. The molecule has 19 heavy (non-hydrogen) atoms. The lowest BCUT2D eigenvalue weighted by atomic mass is 10.2. The molecule has 1 unspecified atom stereocenters. The molecule has 1 heterocycles. The van der Waals surface area contributed by atoms with Crippen LogP contribution >= 0.6 is 0 Å². The minimum absolute atomic E-state index is 0.0916. The minimum atomic E-state index is -0.131. The second-order valence-corrected chi connectivity index (χ2v) is 4.88. The lowest BCUT2D eigenvalue weighted by Crippen LogP contribution is -2.39. The van der Waals surface area contributed by atoms with Crippen LogP contribution in [0.25, 0.3) is 0 Å². The van der Waals surface area contributed by atoms with Crippen molar-refractivity contribution in [3.05, 3.63) is 29.8 Å². The standard InChI is InChI=1S/C15H21NO3/c1-12-5-3-6-13(11-12)19-10-9-16-8-4-7-14(16)15(17)18-2/h3,5-6,11,14H,4,7-10H2,1-2H3. The van der Waals surface area contributed by atoms with Gasteiger partial charge in [-0.05, 0) is 44.0 Å². The lowest BCUT2D eigenvalue weighted by molar-refractivity contribution is -0.145. The van der Waals surface area contributed by atoms with Gasteiger partial charge in [0.05, 0.1) is 7.11 Å². The van der Waals surface area contributed by atoms with Crippen LogP contribution in [0.4, 0.5) is 0 Å². The smallest absolute Gasteiger partial charge is 0.323 e. The molecule has 1 atom stereocenters. The highest BCUT2D eigenvalue weighted by Crippen LogP contribution is 2.18. The van der Waals surface area contributed by atoms with E-state index in [9.17, 15) is 4.79 Å². The van der Waals surface area contributed by atoms with E-state index in [-0.39, 0.29) is 12.0 Å². The zero-order chi connectivity index (χ0) is 13.7. The predicted octanol–water partition coefficient (Wildman–Crippen LogP) is 2.01. The first-order chi connectivity index (χ1) is 9.20. The predicted molar refractivity (Wildman–Crippen MR) is 73.3 cm³/mol. The van der Waals surface area contributed by atoms with E-state index in [1.54, 1.807) is 0 Å². The number of likely N-dealkylation sites (tertiary alicyclic amines) is 1. The Morgan fingerprint density at radius 3 is 3.05 bits per heavy atom. The first-order valence-electron chi connectivity index (χ1n) is 6.72. The molecule has 0 aliphatic carbocycles. The average Bonchev–Trinajstić information content (AvgIpc) is 2.86. The maximum Gasteiger partial charge on any atom is 0.323 e. The van der Waals surface area contributed by atoms with Crippen molar-refractivity contribution < 1.29 is 14.3 Å². The molecule has 1 aromatic carbocycles. The van der Waals surface area contributed by atoms with Gasteiger partial charge in [0.15, 0.2) is 0 Å². The summed E-state index contributed by atoms with van der Waals surface area (Å²) in [6.07, 6.45) is 1.93. The van der Waals surface area contributed by atoms with Crippen LogP contribution in [0, 0.1) is 6.92 Å². The molecular weight excluding hydrogens is 242 g/mol. The van der Waals surface area contributed by atoms with Crippen LogP contribution in [0.3, 0.4) is 0 Å². The Labute approximate surface area is 114 Å². The zero-order valence-electron chi connectivity index (χ0n) is 11.6. The Morgan fingerprint density at radius 1 is 1.47 bits per heavy atom. The molecule has 2 rings (SSSR count). The number of aryl methyl sites for hydroxylation is 1. The summed E-state index contributed by atoms with van der Waals surface area (Å²) in [5, 5.41) is 0. The van der Waals surface area contributed by atoms with E-state index < -0.39 is 0 Å². The molecular formula is C15H21NO3. The van der Waals surface area contributed by atoms with Crippen LogP contribution in [0.1, 0.15) is 18.4 Å². The summed E-state index contributed by atoms with van der Waals surface area (Å²) >= 11 is 0. The van der Waals surface area contributed by atoms with Gasteiger partial charge in [0, 0.05) is 6.54 Å². The van der Waals surface area contributed by atoms with Crippen molar-refractivity contribution in [3.63, 3.8) is 0 Å². The van der Waals surface area contributed by atoms with Gasteiger partial charge in [-0.25, -0.2) is 0 Å². The number of carbonyl (C=O) groups is 1. The first kappa shape index (κ1) is 13.9. The monoisotopic (exact) mass is 263 g/mol. The summed E-state index contributed by atoms with van der Waals surface area (Å²) in [5.41, 5.74) is 1.19. The molecule has 104 valence electrons. The molecule has 1 aliphatic rings. The van der Waals surface area contributed by atoms with E-state index in [1.165, 1.54) is 12.7 Å². The van der Waals surface area contributed by atoms with Gasteiger partial charge in [0.25, 0.3) is 0 Å². The lowest BCUT2D eigenvalue weighted by Gasteiger charge is -2.22. The molecule has 4 heteroatoms. The molecule has 1 aliphatic heterocycles. The molecule has 0 saturated carbocycles. The molecule has 1 fully saturated rings. The highest BCUT2D eigenvalue weighted by Gasteiger charge is 2.30. The Hall–Kier alpha value is -1.55. The number of ether oxygens (including phenoxy) is 2. The van der Waals surface area contributed by atoms with Crippen molar-refractivity contribution in [2.75, 3.05) is 26.8 Å². The summed E-state index contributed by atoms with van der Waals surface area (Å²) < 4.78 is 10.5. The van der Waals surface area contributed by atoms with Crippen molar-refractivity contribution in [1.82, 2.24) is 4.90 Å². The number of hydrogen-bond donors (Lipinski definition) is 0. The maximum atomic E-state index is 11.6. The normalized spacial score (nSPS) is 19.4. The van der Waals surface area contributed by atoms with Crippen molar-refractivity contribution in [2.45, 2.75) is 25.8 Å². The second-order valence-electron chi connectivity index (χ2n) is 4.88. The molecule has 0 aromatic heterocycles. The molecule has 0 amide bonds. The minimum Gasteiger partial charge on any atom is -0.492 e. The van der Waals surface area contributed by atoms with Gasteiger partial charge in [-0.15, -0.1) is 0 Å². The fraction of sp³-hybridized carbons (Fsp3) is 0.533. The zero-order valence-corrected chi connectivity index (χ0v) is 11.6. The summed E-state index contributed by atoms with van der Waals surface area (Å²) in [7, 11) is 1.45. The maximum absolute atomic E-state index is 11.6. The van der Waals surface area contributed by atoms with Crippen LogP contribution in [0.5, 0.6) is 5.75 Å². The molecule has 0 N–H and O–H groups in total. The third-order valence-electron chi connectivity index (χ3n) is 3.47. The quantitative estimate of drug-likeness (QED) is 0.762. The van der Waals surface area contributed by atoms with Gasteiger partial charge in [-0.3, -0.25) is 9.69 Å². The molecule has 0 spiro atoms. The number of carbonyl (C=O) groups excluding carboxylic acids is 1. The Kier molecular flexibility index (Phi) is 4.80. The van der Waals surface area contributed by atoms with Crippen LogP contribution in [-0.2, 0) is 9.53 Å². The van der Waals surface area contributed by atoms with E-state index in [0.717, 1.165) is 31.7 Å².